The van der Waals surface area contributed by atoms with Crippen LogP contribution < -0.4 is 5.73 Å². The number of hydrazone groups is 1. The molecule has 0 radical (unpaired) electrons. The molecule has 1 saturated heterocycles. The standard InChI is InChI=1S/C17H22N4O/c1-15-11-21(20-10-12-4-7-19-8-5-12)17(14(18)22)9-13(15)3-6-16(15,17)2/h4-5,7-8,10,13H,3,6,9,11H2,1-2H3,(H2,18,22)/b20-10-/t13-,15-,16-,17-/m0/s1. The number of hydrogen-bond donors (Lipinski definition) is 1. The lowest BCUT2D eigenvalue weighted by Crippen LogP contribution is -2.60. The van der Waals surface area contributed by atoms with Crippen LogP contribution in [-0.2, 0) is 4.79 Å². The van der Waals surface area contributed by atoms with E-state index in [1.54, 1.807) is 12.4 Å². The maximum absolute atomic E-state index is 12.4. The van der Waals surface area contributed by atoms with Crippen LogP contribution in [0, 0.1) is 16.7 Å². The van der Waals surface area contributed by atoms with Crippen molar-refractivity contribution in [1.29, 1.82) is 0 Å². The summed E-state index contributed by atoms with van der Waals surface area (Å²) in [6, 6.07) is 3.81. The van der Waals surface area contributed by atoms with Crippen molar-refractivity contribution in [1.82, 2.24) is 9.99 Å². The summed E-state index contributed by atoms with van der Waals surface area (Å²) < 4.78 is 0. The summed E-state index contributed by atoms with van der Waals surface area (Å²) >= 11 is 0. The first-order valence-electron chi connectivity index (χ1n) is 7.96. The number of piperidine rings is 1. The van der Waals surface area contributed by atoms with Gasteiger partial charge in [0, 0.05) is 24.4 Å². The highest BCUT2D eigenvalue weighted by Crippen LogP contribution is 2.75. The van der Waals surface area contributed by atoms with Crippen molar-refractivity contribution in [3.63, 3.8) is 0 Å². The van der Waals surface area contributed by atoms with E-state index in [9.17, 15) is 4.79 Å². The monoisotopic (exact) mass is 298 g/mol. The minimum atomic E-state index is -0.617. The number of pyridine rings is 1. The Bertz CT molecular complexity index is 660. The highest BCUT2D eigenvalue weighted by molar-refractivity contribution is 5.88. The van der Waals surface area contributed by atoms with Crippen molar-refractivity contribution in [2.45, 2.75) is 38.6 Å². The first kappa shape index (κ1) is 13.7. The molecule has 4 atom stereocenters. The predicted molar refractivity (Wildman–Crippen MR) is 84.0 cm³/mol. The fourth-order valence-electron chi connectivity index (χ4n) is 5.47. The second kappa shape index (κ2) is 4.09. The Kier molecular flexibility index (Phi) is 2.55. The van der Waals surface area contributed by atoms with Crippen molar-refractivity contribution < 1.29 is 4.79 Å². The molecule has 3 fully saturated rings. The number of nitrogens with two attached hydrogens (primary N) is 1. The van der Waals surface area contributed by atoms with E-state index in [0.717, 1.165) is 24.9 Å². The van der Waals surface area contributed by atoms with Crippen LogP contribution in [0.2, 0.25) is 0 Å². The van der Waals surface area contributed by atoms with Gasteiger partial charge in [0.15, 0.2) is 0 Å². The number of amides is 1. The number of nitrogens with zero attached hydrogens (tertiary/aromatic N) is 3. The minimum absolute atomic E-state index is 0.0634. The Hall–Kier alpha value is -1.91. The van der Waals surface area contributed by atoms with E-state index < -0.39 is 5.54 Å². The molecule has 4 bridgehead atoms. The molecule has 116 valence electrons. The molecule has 5 heteroatoms. The Morgan fingerprint density at radius 3 is 2.82 bits per heavy atom. The number of hydrogen-bond acceptors (Lipinski definition) is 4. The van der Waals surface area contributed by atoms with E-state index in [4.69, 9.17) is 5.73 Å². The zero-order chi connectivity index (χ0) is 15.6. The average Bonchev–Trinajstić information content (AvgIpc) is 2.95. The molecule has 5 nitrogen and oxygen atoms in total. The van der Waals surface area contributed by atoms with Gasteiger partial charge in [-0.3, -0.25) is 14.8 Å². The third-order valence-electron chi connectivity index (χ3n) is 6.99. The van der Waals surface area contributed by atoms with E-state index in [0.29, 0.717) is 5.92 Å². The van der Waals surface area contributed by atoms with Gasteiger partial charge in [-0.2, -0.15) is 5.10 Å². The van der Waals surface area contributed by atoms with Crippen molar-refractivity contribution in [3.05, 3.63) is 30.1 Å². The quantitative estimate of drug-likeness (QED) is 0.865. The molecule has 2 N–H and O–H groups in total. The Labute approximate surface area is 130 Å². The minimum Gasteiger partial charge on any atom is -0.368 e. The molecule has 1 aromatic rings. The van der Waals surface area contributed by atoms with Gasteiger partial charge in [-0.1, -0.05) is 13.8 Å². The molecule has 2 aliphatic carbocycles. The molecule has 1 aliphatic heterocycles. The van der Waals surface area contributed by atoms with Gasteiger partial charge in [-0.25, -0.2) is 0 Å². The number of rotatable bonds is 3. The third kappa shape index (κ3) is 1.33. The summed E-state index contributed by atoms with van der Waals surface area (Å²) in [6.45, 7) is 5.38. The second-order valence-electron chi connectivity index (χ2n) is 7.50. The fourth-order valence-corrected chi connectivity index (χ4v) is 5.47. The van der Waals surface area contributed by atoms with Gasteiger partial charge in [-0.05, 0) is 48.3 Å². The number of primary amides is 1. The molecule has 2 heterocycles. The molecular weight excluding hydrogens is 276 g/mol. The Morgan fingerprint density at radius 1 is 1.45 bits per heavy atom. The predicted octanol–water partition coefficient (Wildman–Crippen LogP) is 1.78. The van der Waals surface area contributed by atoms with Gasteiger partial charge in [0.25, 0.3) is 0 Å². The molecule has 3 aliphatic rings. The first-order valence-corrected chi connectivity index (χ1v) is 7.96. The van der Waals surface area contributed by atoms with Crippen LogP contribution in [0.5, 0.6) is 0 Å². The summed E-state index contributed by atoms with van der Waals surface area (Å²) in [6.07, 6.45) is 8.43. The lowest BCUT2D eigenvalue weighted by Gasteiger charge is -2.44. The van der Waals surface area contributed by atoms with Crippen molar-refractivity contribution in [3.8, 4) is 0 Å². The Morgan fingerprint density at radius 2 is 2.18 bits per heavy atom. The lowest BCUT2D eigenvalue weighted by atomic mass is 9.65. The van der Waals surface area contributed by atoms with Gasteiger partial charge in [0.2, 0.25) is 5.91 Å². The van der Waals surface area contributed by atoms with Crippen molar-refractivity contribution in [2.75, 3.05) is 6.54 Å². The summed E-state index contributed by atoms with van der Waals surface area (Å²) in [5, 5.41) is 6.64. The Balaban J connectivity index is 1.74. The van der Waals surface area contributed by atoms with E-state index in [2.05, 4.69) is 23.9 Å². The van der Waals surface area contributed by atoms with Crippen LogP contribution in [0.15, 0.2) is 29.6 Å². The van der Waals surface area contributed by atoms with E-state index in [-0.39, 0.29) is 16.7 Å². The number of aromatic nitrogens is 1. The highest BCUT2D eigenvalue weighted by atomic mass is 16.2. The molecule has 2 saturated carbocycles. The average molecular weight is 298 g/mol. The zero-order valence-corrected chi connectivity index (χ0v) is 13.1. The van der Waals surface area contributed by atoms with Crippen molar-refractivity contribution >= 4 is 12.1 Å². The van der Waals surface area contributed by atoms with Crippen LogP contribution in [0.4, 0.5) is 0 Å². The lowest BCUT2D eigenvalue weighted by molar-refractivity contribution is -0.135. The molecule has 22 heavy (non-hydrogen) atoms. The molecule has 0 spiro atoms. The van der Waals surface area contributed by atoms with Gasteiger partial charge < -0.3 is 5.73 Å². The SMILES string of the molecule is C[C@@]12CC[C@H]3C[C@@]1(C(N)=O)N(/N=C\c1ccncc1)C[C@@]32C. The topological polar surface area (TPSA) is 71.6 Å². The normalized spacial score (nSPS) is 42.5. The van der Waals surface area contributed by atoms with Crippen LogP contribution in [0.1, 0.15) is 38.7 Å². The number of carbonyl (C=O) groups excluding carboxylic acids is 1. The maximum Gasteiger partial charge on any atom is 0.245 e. The summed E-state index contributed by atoms with van der Waals surface area (Å²) in [5.74, 6) is 0.380. The largest absolute Gasteiger partial charge is 0.368 e. The fraction of sp³-hybridized carbons (Fsp3) is 0.588. The summed E-state index contributed by atoms with van der Waals surface area (Å²) in [7, 11) is 0. The van der Waals surface area contributed by atoms with Crippen LogP contribution in [0.3, 0.4) is 0 Å². The second-order valence-corrected chi connectivity index (χ2v) is 7.50. The summed E-state index contributed by atoms with van der Waals surface area (Å²) in [5.41, 5.74) is 6.34. The van der Waals surface area contributed by atoms with Gasteiger partial charge in [0.05, 0.1) is 6.21 Å². The van der Waals surface area contributed by atoms with Crippen molar-refractivity contribution in [2.24, 2.45) is 27.6 Å². The van der Waals surface area contributed by atoms with Gasteiger partial charge >= 0.3 is 0 Å². The van der Waals surface area contributed by atoms with Gasteiger partial charge in [-0.15, -0.1) is 0 Å². The first-order chi connectivity index (χ1) is 10.4. The molecule has 4 rings (SSSR count). The van der Waals surface area contributed by atoms with Crippen LogP contribution in [0.25, 0.3) is 0 Å². The highest BCUT2D eigenvalue weighted by Gasteiger charge is 2.80. The van der Waals surface area contributed by atoms with Gasteiger partial charge in [0.1, 0.15) is 5.54 Å². The molecule has 0 unspecified atom stereocenters. The molecular formula is C17H22N4O. The summed E-state index contributed by atoms with van der Waals surface area (Å²) in [4.78, 5) is 16.4. The maximum atomic E-state index is 12.4. The van der Waals surface area contributed by atoms with Crippen LogP contribution in [-0.4, -0.2) is 34.2 Å². The molecule has 1 aromatic heterocycles. The molecule has 0 aromatic carbocycles. The zero-order valence-electron chi connectivity index (χ0n) is 13.1. The van der Waals surface area contributed by atoms with Crippen LogP contribution >= 0.6 is 0 Å². The third-order valence-corrected chi connectivity index (χ3v) is 6.99. The van der Waals surface area contributed by atoms with E-state index in [1.165, 1.54) is 6.42 Å². The smallest absolute Gasteiger partial charge is 0.245 e. The number of carbonyl (C=O) groups is 1. The van der Waals surface area contributed by atoms with E-state index >= 15 is 0 Å². The van der Waals surface area contributed by atoms with E-state index in [1.807, 2.05) is 23.4 Å². The molecule has 1 amide bonds.